The zero-order chi connectivity index (χ0) is 14.4. The predicted octanol–water partition coefficient (Wildman–Crippen LogP) is 3.92. The molecule has 0 radical (unpaired) electrons. The third-order valence-corrected chi connectivity index (χ3v) is 3.56. The highest BCUT2D eigenvalue weighted by molar-refractivity contribution is 6.30. The maximum absolute atomic E-state index is 9.56. The molecule has 0 aliphatic carbocycles. The van der Waals surface area contributed by atoms with Crippen LogP contribution in [0.3, 0.4) is 0 Å². The second-order valence-corrected chi connectivity index (χ2v) is 5.24. The summed E-state index contributed by atoms with van der Waals surface area (Å²) in [6.45, 7) is 3.07. The van der Waals surface area contributed by atoms with Crippen LogP contribution < -0.4 is 5.32 Å². The first-order valence-electron chi connectivity index (χ1n) is 6.93. The minimum absolute atomic E-state index is 0.0175. The summed E-state index contributed by atoms with van der Waals surface area (Å²) in [5, 5.41) is 13.8. The molecule has 0 saturated heterocycles. The molecule has 0 spiro atoms. The normalized spacial score (nSPS) is 12.3. The van der Waals surface area contributed by atoms with Gasteiger partial charge in [-0.05, 0) is 41.8 Å². The van der Waals surface area contributed by atoms with Crippen molar-refractivity contribution < 1.29 is 5.11 Å². The summed E-state index contributed by atoms with van der Waals surface area (Å²) in [6.07, 6.45) is 1.05. The van der Waals surface area contributed by atoms with Crippen LogP contribution in [0.1, 0.15) is 36.1 Å². The molecule has 3 heteroatoms. The third-order valence-electron chi connectivity index (χ3n) is 3.32. The van der Waals surface area contributed by atoms with Gasteiger partial charge in [0.05, 0.1) is 12.6 Å². The van der Waals surface area contributed by atoms with E-state index in [1.165, 1.54) is 5.56 Å². The SMILES string of the molecule is CCCNC(c1ccccc1)c1cc(Cl)ccc1CO. The maximum Gasteiger partial charge on any atom is 0.0685 e. The Morgan fingerprint density at radius 3 is 2.55 bits per heavy atom. The van der Waals surface area contributed by atoms with Gasteiger partial charge in [0, 0.05) is 5.02 Å². The first-order chi connectivity index (χ1) is 9.76. The summed E-state index contributed by atoms with van der Waals surface area (Å²) in [6, 6.07) is 15.9. The van der Waals surface area contributed by atoms with Gasteiger partial charge in [0.15, 0.2) is 0 Å². The van der Waals surface area contributed by atoms with Gasteiger partial charge in [-0.1, -0.05) is 54.9 Å². The van der Waals surface area contributed by atoms with Gasteiger partial charge in [-0.25, -0.2) is 0 Å². The van der Waals surface area contributed by atoms with E-state index in [4.69, 9.17) is 11.6 Å². The molecule has 2 aromatic rings. The van der Waals surface area contributed by atoms with Crippen molar-refractivity contribution in [2.45, 2.75) is 26.0 Å². The van der Waals surface area contributed by atoms with Crippen molar-refractivity contribution >= 4 is 11.6 Å². The monoisotopic (exact) mass is 289 g/mol. The summed E-state index contributed by atoms with van der Waals surface area (Å²) in [5.41, 5.74) is 3.13. The Kier molecular flexibility index (Phi) is 5.60. The minimum atomic E-state index is 0.0175. The number of aliphatic hydroxyl groups is 1. The molecule has 0 aromatic heterocycles. The molecule has 0 aliphatic heterocycles. The number of halogens is 1. The van der Waals surface area contributed by atoms with E-state index in [0.29, 0.717) is 5.02 Å². The Morgan fingerprint density at radius 1 is 1.15 bits per heavy atom. The molecule has 0 saturated carbocycles. The lowest BCUT2D eigenvalue weighted by molar-refractivity contribution is 0.279. The smallest absolute Gasteiger partial charge is 0.0685 e. The van der Waals surface area contributed by atoms with Crippen LogP contribution in [0.25, 0.3) is 0 Å². The average Bonchev–Trinajstić information content (AvgIpc) is 2.49. The number of benzene rings is 2. The molecule has 20 heavy (non-hydrogen) atoms. The molecule has 1 atom stereocenters. The molecule has 1 unspecified atom stereocenters. The van der Waals surface area contributed by atoms with Crippen LogP contribution in [0.15, 0.2) is 48.5 Å². The lowest BCUT2D eigenvalue weighted by atomic mass is 9.94. The van der Waals surface area contributed by atoms with Crippen molar-refractivity contribution in [2.24, 2.45) is 0 Å². The van der Waals surface area contributed by atoms with Crippen LogP contribution >= 0.6 is 11.6 Å². The first-order valence-corrected chi connectivity index (χ1v) is 7.31. The molecule has 2 nitrogen and oxygen atoms in total. The van der Waals surface area contributed by atoms with Crippen molar-refractivity contribution in [1.29, 1.82) is 0 Å². The molecule has 2 rings (SSSR count). The standard InChI is InChI=1S/C17H20ClNO/c1-2-10-19-17(13-6-4-3-5-7-13)16-11-15(18)9-8-14(16)12-20/h3-9,11,17,19-20H,2,10,12H2,1H3. The lowest BCUT2D eigenvalue weighted by Gasteiger charge is -2.22. The fourth-order valence-electron chi connectivity index (χ4n) is 2.32. The first kappa shape index (κ1) is 15.0. The van der Waals surface area contributed by atoms with Crippen LogP contribution in [-0.2, 0) is 6.61 Å². The van der Waals surface area contributed by atoms with Gasteiger partial charge in [-0.2, -0.15) is 0 Å². The van der Waals surface area contributed by atoms with E-state index in [1.807, 2.05) is 36.4 Å². The highest BCUT2D eigenvalue weighted by atomic mass is 35.5. The van der Waals surface area contributed by atoms with Gasteiger partial charge >= 0.3 is 0 Å². The fourth-order valence-corrected chi connectivity index (χ4v) is 2.50. The molecular weight excluding hydrogens is 270 g/mol. The van der Waals surface area contributed by atoms with Gasteiger partial charge in [0.25, 0.3) is 0 Å². The van der Waals surface area contributed by atoms with Crippen molar-refractivity contribution in [3.8, 4) is 0 Å². The van der Waals surface area contributed by atoms with E-state index in [-0.39, 0.29) is 12.6 Å². The zero-order valence-corrected chi connectivity index (χ0v) is 12.4. The Labute approximate surface area is 125 Å². The van der Waals surface area contributed by atoms with E-state index in [0.717, 1.165) is 24.1 Å². The number of hydrogen-bond acceptors (Lipinski definition) is 2. The van der Waals surface area contributed by atoms with E-state index in [1.54, 1.807) is 0 Å². The summed E-state index contributed by atoms with van der Waals surface area (Å²) in [7, 11) is 0. The highest BCUT2D eigenvalue weighted by Crippen LogP contribution is 2.28. The third kappa shape index (κ3) is 3.60. The second kappa shape index (κ2) is 7.44. The van der Waals surface area contributed by atoms with Gasteiger partial charge in [-0.15, -0.1) is 0 Å². The van der Waals surface area contributed by atoms with Crippen LogP contribution in [0, 0.1) is 0 Å². The van der Waals surface area contributed by atoms with Crippen LogP contribution in [0.2, 0.25) is 5.02 Å². The number of rotatable bonds is 6. The molecule has 0 aliphatic rings. The van der Waals surface area contributed by atoms with E-state index >= 15 is 0 Å². The van der Waals surface area contributed by atoms with Gasteiger partial charge in [0.2, 0.25) is 0 Å². The lowest BCUT2D eigenvalue weighted by Crippen LogP contribution is -2.24. The number of hydrogen-bond donors (Lipinski definition) is 2. The quantitative estimate of drug-likeness (QED) is 0.845. The number of nitrogens with one attached hydrogen (secondary N) is 1. The second-order valence-electron chi connectivity index (χ2n) is 4.80. The van der Waals surface area contributed by atoms with Crippen molar-refractivity contribution in [2.75, 3.05) is 6.54 Å². The van der Waals surface area contributed by atoms with Crippen molar-refractivity contribution in [1.82, 2.24) is 5.32 Å². The van der Waals surface area contributed by atoms with Gasteiger partial charge in [-0.3, -0.25) is 0 Å². The van der Waals surface area contributed by atoms with Crippen LogP contribution in [-0.4, -0.2) is 11.7 Å². The molecule has 0 fully saturated rings. The molecule has 2 aromatic carbocycles. The van der Waals surface area contributed by atoms with E-state index in [9.17, 15) is 5.11 Å². The summed E-state index contributed by atoms with van der Waals surface area (Å²) in [5.74, 6) is 0. The Bertz CT molecular complexity index is 542. The van der Waals surface area contributed by atoms with Crippen LogP contribution in [0.4, 0.5) is 0 Å². The topological polar surface area (TPSA) is 32.3 Å². The van der Waals surface area contributed by atoms with Gasteiger partial charge in [0.1, 0.15) is 0 Å². The molecule has 0 amide bonds. The number of aliphatic hydroxyl groups excluding tert-OH is 1. The Balaban J connectivity index is 2.43. The predicted molar refractivity (Wildman–Crippen MR) is 84.0 cm³/mol. The van der Waals surface area contributed by atoms with Gasteiger partial charge < -0.3 is 10.4 Å². The molecular formula is C17H20ClNO. The average molecular weight is 290 g/mol. The fraction of sp³-hybridized carbons (Fsp3) is 0.294. The Hall–Kier alpha value is -1.35. The van der Waals surface area contributed by atoms with Crippen LogP contribution in [0.5, 0.6) is 0 Å². The Morgan fingerprint density at radius 2 is 1.90 bits per heavy atom. The molecule has 2 N–H and O–H groups in total. The van der Waals surface area contributed by atoms with Crippen molar-refractivity contribution in [3.63, 3.8) is 0 Å². The minimum Gasteiger partial charge on any atom is -0.392 e. The summed E-state index contributed by atoms with van der Waals surface area (Å²) >= 11 is 6.13. The van der Waals surface area contributed by atoms with E-state index in [2.05, 4.69) is 24.4 Å². The zero-order valence-electron chi connectivity index (χ0n) is 11.6. The van der Waals surface area contributed by atoms with E-state index < -0.39 is 0 Å². The summed E-state index contributed by atoms with van der Waals surface area (Å²) in [4.78, 5) is 0. The molecule has 0 bridgehead atoms. The largest absolute Gasteiger partial charge is 0.392 e. The van der Waals surface area contributed by atoms with Crippen molar-refractivity contribution in [3.05, 3.63) is 70.2 Å². The maximum atomic E-state index is 9.56. The molecule has 0 heterocycles. The summed E-state index contributed by atoms with van der Waals surface area (Å²) < 4.78 is 0. The highest BCUT2D eigenvalue weighted by Gasteiger charge is 2.16. The molecule has 106 valence electrons.